The minimum atomic E-state index is -3.45. The van der Waals surface area contributed by atoms with E-state index in [2.05, 4.69) is 0 Å². The van der Waals surface area contributed by atoms with Gasteiger partial charge in [0.2, 0.25) is 0 Å². The van der Waals surface area contributed by atoms with Crippen molar-refractivity contribution in [3.05, 3.63) is 67.8 Å². The maximum absolute atomic E-state index is 11.8. The predicted octanol–water partition coefficient (Wildman–Crippen LogP) is -0.368. The van der Waals surface area contributed by atoms with Gasteiger partial charge in [-0.25, -0.2) is 0 Å². The van der Waals surface area contributed by atoms with Crippen molar-refractivity contribution in [1.82, 2.24) is 0 Å². The summed E-state index contributed by atoms with van der Waals surface area (Å²) in [5.74, 6) is 0.000642. The predicted molar refractivity (Wildman–Crippen MR) is 70.8 cm³/mol. The molecule has 0 saturated carbocycles. The summed E-state index contributed by atoms with van der Waals surface area (Å²) < 4.78 is 31.0. The van der Waals surface area contributed by atoms with Crippen molar-refractivity contribution in [2.24, 2.45) is 0 Å². The van der Waals surface area contributed by atoms with Gasteiger partial charge in [-0.3, -0.25) is 0 Å². The zero-order valence-corrected chi connectivity index (χ0v) is 13.5. The van der Waals surface area contributed by atoms with Crippen molar-refractivity contribution in [3.8, 4) is 0 Å². The Labute approximate surface area is 121 Å². The van der Waals surface area contributed by atoms with Gasteiger partial charge in [-0.2, -0.15) is 8.42 Å². The monoisotopic (exact) mass is 390 g/mol. The third-order valence-electron chi connectivity index (χ3n) is 2.38. The van der Waals surface area contributed by atoms with Gasteiger partial charge < -0.3 is 0 Å². The second-order valence-electron chi connectivity index (χ2n) is 3.75. The molecular formula is C14H15IO3S+. The number of rotatable bonds is 5. The Morgan fingerprint density at radius 3 is 1.68 bits per heavy atom. The zero-order valence-electron chi connectivity index (χ0n) is 10.5. The maximum Gasteiger partial charge on any atom is 0.324 e. The lowest BCUT2D eigenvalue weighted by atomic mass is 10.4. The lowest BCUT2D eigenvalue weighted by Gasteiger charge is -2.04. The van der Waals surface area contributed by atoms with Crippen LogP contribution in [-0.2, 0) is 12.6 Å². The molecule has 1 radical (unpaired) electrons. The van der Waals surface area contributed by atoms with Gasteiger partial charge in [0.15, 0.2) is 7.14 Å². The third kappa shape index (κ3) is 4.02. The van der Waals surface area contributed by atoms with Crippen LogP contribution in [0.15, 0.2) is 60.7 Å². The van der Waals surface area contributed by atoms with Gasteiger partial charge in [-0.1, -0.05) is 36.4 Å². The van der Waals surface area contributed by atoms with Gasteiger partial charge in [0.25, 0.3) is 0 Å². The summed E-state index contributed by atoms with van der Waals surface area (Å²) in [6, 6.07) is 19.2. The standard InChI is InChI=1S/C14H15IO3S/c1-2-19(16,17)18-15(13-9-5-3-6-10-13)14-11-7-4-8-12-14/h3-12H,2H2,1H3/q+1. The first-order chi connectivity index (χ1) is 9.12. The SMILES string of the molecule is CCS(=O)(=O)O[I+](c1ccccc1)c1ccccc1. The summed E-state index contributed by atoms with van der Waals surface area (Å²) in [5.41, 5.74) is 0. The van der Waals surface area contributed by atoms with Crippen LogP contribution in [0.4, 0.5) is 0 Å². The van der Waals surface area contributed by atoms with Crippen LogP contribution in [0, 0.1) is 7.14 Å². The van der Waals surface area contributed by atoms with Crippen LogP contribution in [0.5, 0.6) is 0 Å². The van der Waals surface area contributed by atoms with Gasteiger partial charge in [0.1, 0.15) is 0 Å². The molecule has 0 N–H and O–H groups in total. The fourth-order valence-corrected chi connectivity index (χ4v) is 8.33. The lowest BCUT2D eigenvalue weighted by molar-refractivity contribution is -1.03. The van der Waals surface area contributed by atoms with E-state index < -0.39 is 30.4 Å². The van der Waals surface area contributed by atoms with Crippen molar-refractivity contribution in [2.75, 3.05) is 5.75 Å². The van der Waals surface area contributed by atoms with E-state index in [-0.39, 0.29) is 5.75 Å². The smallest absolute Gasteiger partial charge is 0.196 e. The fraction of sp³-hybridized carbons (Fsp3) is 0.143. The van der Waals surface area contributed by atoms with E-state index in [0.29, 0.717) is 0 Å². The molecule has 5 heteroatoms. The molecule has 0 fully saturated rings. The molecule has 0 aliphatic carbocycles. The molecular weight excluding hydrogens is 375 g/mol. The quantitative estimate of drug-likeness (QED) is 0.655. The highest BCUT2D eigenvalue weighted by Gasteiger charge is 2.35. The number of benzene rings is 2. The summed E-state index contributed by atoms with van der Waals surface area (Å²) in [6.45, 7) is 1.60. The molecule has 0 aliphatic heterocycles. The lowest BCUT2D eigenvalue weighted by Crippen LogP contribution is -3.85. The molecule has 0 unspecified atom stereocenters. The van der Waals surface area contributed by atoms with E-state index in [1.165, 1.54) is 0 Å². The van der Waals surface area contributed by atoms with E-state index in [1.807, 2.05) is 60.7 Å². The van der Waals surface area contributed by atoms with Crippen molar-refractivity contribution >= 4 is 10.1 Å². The minimum Gasteiger partial charge on any atom is -0.196 e. The second-order valence-corrected chi connectivity index (χ2v) is 10.6. The van der Waals surface area contributed by atoms with Crippen molar-refractivity contribution < 1.29 is 31.2 Å². The molecule has 0 amide bonds. The van der Waals surface area contributed by atoms with Gasteiger partial charge >= 0.3 is 30.4 Å². The fourth-order valence-electron chi connectivity index (χ4n) is 1.40. The summed E-state index contributed by atoms with van der Waals surface area (Å²) >= 11 is -2.38. The molecule has 0 aromatic heterocycles. The molecule has 0 saturated heterocycles. The first-order valence-electron chi connectivity index (χ1n) is 5.85. The number of halogens is 1. The molecule has 101 valence electrons. The summed E-state index contributed by atoms with van der Waals surface area (Å²) in [7, 11) is -3.45. The van der Waals surface area contributed by atoms with Crippen LogP contribution in [0.2, 0.25) is 0 Å². The molecule has 0 aliphatic rings. The molecule has 0 heterocycles. The largest absolute Gasteiger partial charge is 0.324 e. The third-order valence-corrected chi connectivity index (χ3v) is 9.82. The van der Waals surface area contributed by atoms with E-state index in [1.54, 1.807) is 6.92 Å². The summed E-state index contributed by atoms with van der Waals surface area (Å²) in [6.07, 6.45) is 0. The van der Waals surface area contributed by atoms with Crippen LogP contribution in [0.3, 0.4) is 0 Å². The van der Waals surface area contributed by atoms with Crippen molar-refractivity contribution in [2.45, 2.75) is 6.92 Å². The van der Waals surface area contributed by atoms with Crippen LogP contribution < -0.4 is 20.2 Å². The Hall–Kier alpha value is -0.920. The van der Waals surface area contributed by atoms with Crippen molar-refractivity contribution in [3.63, 3.8) is 0 Å². The Kier molecular flexibility index (Phi) is 4.95. The van der Waals surface area contributed by atoms with Crippen LogP contribution in [-0.4, -0.2) is 14.2 Å². The van der Waals surface area contributed by atoms with E-state index in [4.69, 9.17) is 2.51 Å². The molecule has 3 nitrogen and oxygen atoms in total. The highest BCUT2D eigenvalue weighted by atomic mass is 127. The van der Waals surface area contributed by atoms with E-state index >= 15 is 0 Å². The first kappa shape index (κ1) is 14.5. The van der Waals surface area contributed by atoms with E-state index in [0.717, 1.165) is 7.14 Å². The van der Waals surface area contributed by atoms with Gasteiger partial charge in [-0.05, 0) is 33.7 Å². The van der Waals surface area contributed by atoms with E-state index in [9.17, 15) is 8.42 Å². The highest BCUT2D eigenvalue weighted by molar-refractivity contribution is 7.86. The summed E-state index contributed by atoms with van der Waals surface area (Å²) in [5, 5.41) is 0. The van der Waals surface area contributed by atoms with Crippen LogP contribution in [0.25, 0.3) is 0 Å². The molecule has 2 rings (SSSR count). The second kappa shape index (κ2) is 6.49. The molecule has 0 spiro atoms. The average Bonchev–Trinajstić information content (AvgIpc) is 2.47. The Bertz CT molecular complexity index is 572. The molecule has 0 bridgehead atoms. The number of hydrogen-bond acceptors (Lipinski definition) is 3. The van der Waals surface area contributed by atoms with Gasteiger partial charge in [0.05, 0.1) is 5.75 Å². The molecule has 0 atom stereocenters. The Balaban J connectivity index is 2.40. The highest BCUT2D eigenvalue weighted by Crippen LogP contribution is 1.90. The zero-order chi connectivity index (χ0) is 13.7. The maximum atomic E-state index is 11.8. The normalized spacial score (nSPS) is 11.7. The summed E-state index contributed by atoms with van der Waals surface area (Å²) in [4.78, 5) is 0. The minimum absolute atomic E-state index is 0.000642. The topological polar surface area (TPSA) is 43.4 Å². The van der Waals surface area contributed by atoms with Crippen LogP contribution in [0.1, 0.15) is 6.92 Å². The van der Waals surface area contributed by atoms with Crippen LogP contribution >= 0.6 is 0 Å². The average molecular weight is 390 g/mol. The molecule has 2 aromatic carbocycles. The first-order valence-corrected chi connectivity index (χ1v) is 10.5. The molecule has 19 heavy (non-hydrogen) atoms. The van der Waals surface area contributed by atoms with Crippen molar-refractivity contribution in [1.29, 1.82) is 0 Å². The Morgan fingerprint density at radius 1 is 0.895 bits per heavy atom. The molecule has 2 aromatic rings. The van der Waals surface area contributed by atoms with Gasteiger partial charge in [0, 0.05) is 0 Å². The Morgan fingerprint density at radius 2 is 1.32 bits per heavy atom. The van der Waals surface area contributed by atoms with Gasteiger partial charge in [-0.15, -0.1) is 0 Å². The number of hydrogen-bond donors (Lipinski definition) is 0.